The molecule has 0 unspecified atom stereocenters. The van der Waals surface area contributed by atoms with E-state index in [9.17, 15) is 4.79 Å². The Balaban J connectivity index is 1.41. The Bertz CT molecular complexity index is 1060. The predicted molar refractivity (Wildman–Crippen MR) is 125 cm³/mol. The summed E-state index contributed by atoms with van der Waals surface area (Å²) in [5.41, 5.74) is 2.30. The smallest absolute Gasteiger partial charge is 0.163 e. The fourth-order valence-corrected chi connectivity index (χ4v) is 4.86. The molecule has 1 aliphatic rings. The summed E-state index contributed by atoms with van der Waals surface area (Å²) in [7, 11) is 0. The minimum absolute atomic E-state index is 0.169. The maximum atomic E-state index is 12.9. The van der Waals surface area contributed by atoms with E-state index < -0.39 is 0 Å². The monoisotopic (exact) mass is 430 g/mol. The standard InChI is InChI=1S/C27H30N2O3/c1-26(2)16-19(17-27(3,4)32-26)14-25(30)20-8-10-23(11-9-20)31-24-7-5-6-21(15-24)22-12-13-28-29-18-22/h5-13,15,18-19H,14,16-17H2,1-4H3. The molecule has 1 aliphatic heterocycles. The number of hydrogen-bond donors (Lipinski definition) is 0. The maximum Gasteiger partial charge on any atom is 0.163 e. The molecule has 0 saturated carbocycles. The number of ketones is 1. The number of hydrogen-bond acceptors (Lipinski definition) is 5. The highest BCUT2D eigenvalue weighted by Crippen LogP contribution is 2.40. The third-order valence-corrected chi connectivity index (χ3v) is 5.75. The molecule has 4 rings (SSSR count). The number of nitrogens with zero attached hydrogens (tertiary/aromatic N) is 2. The van der Waals surface area contributed by atoms with Gasteiger partial charge in [0.2, 0.25) is 0 Å². The van der Waals surface area contributed by atoms with Crippen LogP contribution in [-0.4, -0.2) is 27.2 Å². The predicted octanol–water partition coefficient (Wildman–Crippen LogP) is 6.49. The van der Waals surface area contributed by atoms with Crippen LogP contribution >= 0.6 is 0 Å². The summed E-state index contributed by atoms with van der Waals surface area (Å²) in [6.45, 7) is 8.44. The van der Waals surface area contributed by atoms with Crippen LogP contribution in [-0.2, 0) is 4.74 Å². The molecule has 0 atom stereocenters. The topological polar surface area (TPSA) is 61.3 Å². The van der Waals surface area contributed by atoms with Crippen molar-refractivity contribution in [2.45, 2.75) is 58.2 Å². The number of rotatable bonds is 6. The highest BCUT2D eigenvalue weighted by Gasteiger charge is 2.39. The Labute approximate surface area is 189 Å². The molecule has 166 valence electrons. The quantitative estimate of drug-likeness (QED) is 0.418. The molecule has 2 aromatic carbocycles. The number of benzene rings is 2. The van der Waals surface area contributed by atoms with Gasteiger partial charge in [0.25, 0.3) is 0 Å². The Hall–Kier alpha value is -3.05. The van der Waals surface area contributed by atoms with Crippen molar-refractivity contribution in [2.75, 3.05) is 0 Å². The second-order valence-electron chi connectivity index (χ2n) is 9.81. The van der Waals surface area contributed by atoms with Crippen molar-refractivity contribution < 1.29 is 14.3 Å². The Morgan fingerprint density at radius 3 is 2.31 bits per heavy atom. The van der Waals surface area contributed by atoms with E-state index in [0.717, 1.165) is 35.3 Å². The molecule has 5 nitrogen and oxygen atoms in total. The summed E-state index contributed by atoms with van der Waals surface area (Å²) in [4.78, 5) is 12.9. The van der Waals surface area contributed by atoms with Crippen LogP contribution in [0.25, 0.3) is 11.1 Å². The molecular formula is C27H30N2O3. The van der Waals surface area contributed by atoms with Crippen molar-refractivity contribution >= 4 is 5.78 Å². The van der Waals surface area contributed by atoms with Crippen LogP contribution in [0.4, 0.5) is 0 Å². The molecule has 2 heterocycles. The van der Waals surface area contributed by atoms with Crippen molar-refractivity contribution in [2.24, 2.45) is 5.92 Å². The lowest BCUT2D eigenvalue weighted by atomic mass is 9.78. The Morgan fingerprint density at radius 2 is 1.66 bits per heavy atom. The van der Waals surface area contributed by atoms with Gasteiger partial charge in [-0.25, -0.2) is 0 Å². The van der Waals surface area contributed by atoms with E-state index >= 15 is 0 Å². The third-order valence-electron chi connectivity index (χ3n) is 5.75. The summed E-state index contributed by atoms with van der Waals surface area (Å²) in [6.07, 6.45) is 5.72. The number of aromatic nitrogens is 2. The van der Waals surface area contributed by atoms with E-state index in [1.807, 2.05) is 54.6 Å². The molecule has 3 aromatic rings. The first-order valence-electron chi connectivity index (χ1n) is 11.1. The first kappa shape index (κ1) is 22.2. The van der Waals surface area contributed by atoms with E-state index in [2.05, 4.69) is 37.9 Å². The van der Waals surface area contributed by atoms with E-state index in [1.54, 1.807) is 12.4 Å². The number of carbonyl (C=O) groups excluding carboxylic acids is 1. The molecule has 32 heavy (non-hydrogen) atoms. The van der Waals surface area contributed by atoms with Crippen molar-refractivity contribution in [3.8, 4) is 22.6 Å². The van der Waals surface area contributed by atoms with Crippen LogP contribution in [0.2, 0.25) is 0 Å². The molecule has 0 bridgehead atoms. The highest BCUT2D eigenvalue weighted by atomic mass is 16.5. The van der Waals surface area contributed by atoms with Crippen LogP contribution in [0.5, 0.6) is 11.5 Å². The summed E-state index contributed by atoms with van der Waals surface area (Å²) in [6, 6.07) is 17.1. The second-order valence-corrected chi connectivity index (χ2v) is 9.81. The fourth-order valence-electron chi connectivity index (χ4n) is 4.86. The number of Topliss-reactive ketones (excluding diaryl/α,β-unsaturated/α-hetero) is 1. The zero-order valence-electron chi connectivity index (χ0n) is 19.2. The van der Waals surface area contributed by atoms with Crippen molar-refractivity contribution in [1.82, 2.24) is 10.2 Å². The van der Waals surface area contributed by atoms with Gasteiger partial charge >= 0.3 is 0 Å². The van der Waals surface area contributed by atoms with Crippen LogP contribution in [0, 0.1) is 5.92 Å². The zero-order chi connectivity index (χ0) is 22.8. The van der Waals surface area contributed by atoms with Gasteiger partial charge in [-0.15, -0.1) is 0 Å². The minimum atomic E-state index is -0.203. The lowest BCUT2D eigenvalue weighted by molar-refractivity contribution is -0.171. The average molecular weight is 431 g/mol. The molecule has 0 amide bonds. The second kappa shape index (κ2) is 8.83. The van der Waals surface area contributed by atoms with Gasteiger partial charge in [-0.1, -0.05) is 12.1 Å². The first-order valence-corrected chi connectivity index (χ1v) is 11.1. The molecule has 0 radical (unpaired) electrons. The van der Waals surface area contributed by atoms with E-state index in [0.29, 0.717) is 18.1 Å². The molecule has 0 aliphatic carbocycles. The fraction of sp³-hybridized carbons (Fsp3) is 0.370. The molecule has 1 fully saturated rings. The largest absolute Gasteiger partial charge is 0.457 e. The highest BCUT2D eigenvalue weighted by molar-refractivity contribution is 5.96. The first-order chi connectivity index (χ1) is 15.2. The maximum absolute atomic E-state index is 12.9. The zero-order valence-corrected chi connectivity index (χ0v) is 19.2. The normalized spacial score (nSPS) is 17.6. The lowest BCUT2D eigenvalue weighted by Crippen LogP contribution is -2.45. The molecule has 0 spiro atoms. The SMILES string of the molecule is CC1(C)CC(CC(=O)c2ccc(Oc3cccc(-c4ccnnc4)c3)cc2)CC(C)(C)O1. The van der Waals surface area contributed by atoms with Gasteiger partial charge in [0.05, 0.1) is 23.6 Å². The third kappa shape index (κ3) is 5.60. The lowest BCUT2D eigenvalue weighted by Gasteiger charge is -2.45. The van der Waals surface area contributed by atoms with Gasteiger partial charge in [0.15, 0.2) is 5.78 Å². The minimum Gasteiger partial charge on any atom is -0.457 e. The van der Waals surface area contributed by atoms with Crippen molar-refractivity contribution in [3.63, 3.8) is 0 Å². The summed E-state index contributed by atoms with van der Waals surface area (Å²) < 4.78 is 12.2. The van der Waals surface area contributed by atoms with Gasteiger partial charge in [-0.05, 0) is 94.5 Å². The van der Waals surface area contributed by atoms with Gasteiger partial charge in [-0.3, -0.25) is 4.79 Å². The number of ether oxygens (including phenoxy) is 2. The molecular weight excluding hydrogens is 400 g/mol. The van der Waals surface area contributed by atoms with Gasteiger partial charge in [0.1, 0.15) is 11.5 Å². The Morgan fingerprint density at radius 1 is 0.938 bits per heavy atom. The average Bonchev–Trinajstić information content (AvgIpc) is 2.73. The summed E-state index contributed by atoms with van der Waals surface area (Å²) >= 11 is 0. The molecule has 1 saturated heterocycles. The van der Waals surface area contributed by atoms with Crippen molar-refractivity contribution in [3.05, 3.63) is 72.6 Å². The molecule has 0 N–H and O–H groups in total. The van der Waals surface area contributed by atoms with E-state index in [4.69, 9.17) is 9.47 Å². The van der Waals surface area contributed by atoms with E-state index in [-0.39, 0.29) is 17.0 Å². The van der Waals surface area contributed by atoms with E-state index in [1.165, 1.54) is 0 Å². The summed E-state index contributed by atoms with van der Waals surface area (Å²) in [5, 5.41) is 7.75. The molecule has 5 heteroatoms. The Kier molecular flexibility index (Phi) is 6.11. The van der Waals surface area contributed by atoms with Gasteiger partial charge in [0, 0.05) is 17.5 Å². The van der Waals surface area contributed by atoms with Crippen LogP contribution in [0.15, 0.2) is 67.0 Å². The van der Waals surface area contributed by atoms with Crippen LogP contribution < -0.4 is 4.74 Å². The van der Waals surface area contributed by atoms with Crippen LogP contribution in [0.3, 0.4) is 0 Å². The van der Waals surface area contributed by atoms with Crippen LogP contribution in [0.1, 0.15) is 57.3 Å². The number of carbonyl (C=O) groups is 1. The molecule has 1 aromatic heterocycles. The van der Waals surface area contributed by atoms with Crippen molar-refractivity contribution in [1.29, 1.82) is 0 Å². The van der Waals surface area contributed by atoms with Gasteiger partial charge in [-0.2, -0.15) is 10.2 Å². The van der Waals surface area contributed by atoms with Gasteiger partial charge < -0.3 is 9.47 Å². The summed E-state index contributed by atoms with van der Waals surface area (Å²) in [5.74, 6) is 1.91.